The summed E-state index contributed by atoms with van der Waals surface area (Å²) in [6.07, 6.45) is 4.76. The van der Waals surface area contributed by atoms with Gasteiger partial charge in [0.05, 0.1) is 11.8 Å². The Bertz CT molecular complexity index is 628. The molecular formula is C17H18BrNO2. The smallest absolute Gasteiger partial charge is 0.258 e. The van der Waals surface area contributed by atoms with E-state index in [2.05, 4.69) is 47.1 Å². The van der Waals surface area contributed by atoms with Crippen LogP contribution in [0.5, 0.6) is 0 Å². The van der Waals surface area contributed by atoms with E-state index in [4.69, 9.17) is 4.42 Å². The van der Waals surface area contributed by atoms with Crippen molar-refractivity contribution < 1.29 is 9.21 Å². The predicted octanol–water partition coefficient (Wildman–Crippen LogP) is 4.41. The van der Waals surface area contributed by atoms with Crippen LogP contribution in [0.4, 0.5) is 0 Å². The van der Waals surface area contributed by atoms with Gasteiger partial charge in [0.1, 0.15) is 0 Å². The summed E-state index contributed by atoms with van der Waals surface area (Å²) in [5.74, 6) is 0.0395. The third kappa shape index (κ3) is 3.21. The number of nitrogens with zero attached hydrogens (tertiary/aromatic N) is 1. The number of carbonyl (C=O) groups is 1. The molecule has 21 heavy (non-hydrogen) atoms. The van der Waals surface area contributed by atoms with Crippen molar-refractivity contribution in [3.05, 3.63) is 58.0 Å². The average Bonchev–Trinajstić information content (AvgIpc) is 3.26. The highest BCUT2D eigenvalue weighted by Gasteiger charge is 2.34. The first-order valence-electron chi connectivity index (χ1n) is 7.31. The van der Waals surface area contributed by atoms with Gasteiger partial charge in [0.15, 0.2) is 4.67 Å². The summed E-state index contributed by atoms with van der Waals surface area (Å²) >= 11 is 3.29. The lowest BCUT2D eigenvalue weighted by atomic mass is 10.1. The molecule has 1 aliphatic carbocycles. The van der Waals surface area contributed by atoms with E-state index in [0.717, 1.165) is 19.3 Å². The molecule has 110 valence electrons. The fourth-order valence-electron chi connectivity index (χ4n) is 2.43. The Hall–Kier alpha value is -1.55. The van der Waals surface area contributed by atoms with Crippen molar-refractivity contribution in [1.82, 2.24) is 4.90 Å². The number of halogens is 1. The van der Waals surface area contributed by atoms with Gasteiger partial charge >= 0.3 is 0 Å². The number of furan rings is 1. The highest BCUT2D eigenvalue weighted by atomic mass is 79.9. The van der Waals surface area contributed by atoms with E-state index in [-0.39, 0.29) is 5.91 Å². The molecule has 4 heteroatoms. The highest BCUT2D eigenvalue weighted by Crippen LogP contribution is 2.31. The number of aryl methyl sites for hydroxylation is 1. The largest absolute Gasteiger partial charge is 0.457 e. The first kappa shape index (κ1) is 14.4. The van der Waals surface area contributed by atoms with Gasteiger partial charge < -0.3 is 9.32 Å². The molecular weight excluding hydrogens is 330 g/mol. The van der Waals surface area contributed by atoms with Crippen molar-refractivity contribution >= 4 is 21.8 Å². The van der Waals surface area contributed by atoms with Gasteiger partial charge in [-0.3, -0.25) is 4.79 Å². The average molecular weight is 348 g/mol. The summed E-state index contributed by atoms with van der Waals surface area (Å²) in [5, 5.41) is 0. The molecule has 2 aromatic rings. The van der Waals surface area contributed by atoms with Crippen molar-refractivity contribution in [3.63, 3.8) is 0 Å². The van der Waals surface area contributed by atoms with E-state index >= 15 is 0 Å². The first-order chi connectivity index (χ1) is 10.2. The van der Waals surface area contributed by atoms with Crippen molar-refractivity contribution in [2.24, 2.45) is 0 Å². The molecule has 0 unspecified atom stereocenters. The third-order valence-electron chi connectivity index (χ3n) is 3.88. The zero-order valence-corrected chi connectivity index (χ0v) is 13.6. The second-order valence-electron chi connectivity index (χ2n) is 5.44. The maximum absolute atomic E-state index is 12.7. The topological polar surface area (TPSA) is 33.5 Å². The highest BCUT2D eigenvalue weighted by molar-refractivity contribution is 9.10. The molecule has 3 nitrogen and oxygen atoms in total. The molecule has 1 saturated carbocycles. The van der Waals surface area contributed by atoms with E-state index in [1.165, 1.54) is 11.1 Å². The molecule has 0 aliphatic heterocycles. The molecule has 1 amide bonds. The molecule has 1 aromatic heterocycles. The normalized spacial score (nSPS) is 14.2. The van der Waals surface area contributed by atoms with Crippen molar-refractivity contribution in [1.29, 1.82) is 0 Å². The lowest BCUT2D eigenvalue weighted by Gasteiger charge is -2.22. The van der Waals surface area contributed by atoms with Crippen LogP contribution in [0, 0.1) is 0 Å². The second-order valence-corrected chi connectivity index (χ2v) is 6.16. The molecule has 1 heterocycles. The number of rotatable bonds is 5. The van der Waals surface area contributed by atoms with Crippen molar-refractivity contribution in [3.8, 4) is 0 Å². The molecule has 1 aromatic carbocycles. The van der Waals surface area contributed by atoms with Gasteiger partial charge in [-0.15, -0.1) is 0 Å². The number of hydrogen-bond donors (Lipinski definition) is 0. The minimum atomic E-state index is 0.0395. The monoisotopic (exact) mass is 347 g/mol. The molecule has 3 rings (SSSR count). The van der Waals surface area contributed by atoms with Crippen LogP contribution >= 0.6 is 15.9 Å². The van der Waals surface area contributed by atoms with Gasteiger partial charge in [-0.05, 0) is 52.4 Å². The van der Waals surface area contributed by atoms with Crippen molar-refractivity contribution in [2.45, 2.75) is 38.8 Å². The second kappa shape index (κ2) is 6.06. The maximum atomic E-state index is 12.7. The summed E-state index contributed by atoms with van der Waals surface area (Å²) in [7, 11) is 0. The lowest BCUT2D eigenvalue weighted by Crippen LogP contribution is -2.32. The molecule has 0 bridgehead atoms. The summed E-state index contributed by atoms with van der Waals surface area (Å²) in [5.41, 5.74) is 3.10. The Morgan fingerprint density at radius 3 is 2.43 bits per heavy atom. The van der Waals surface area contributed by atoms with Crippen LogP contribution in [0.2, 0.25) is 0 Å². The van der Waals surface area contributed by atoms with Crippen LogP contribution in [0.25, 0.3) is 0 Å². The minimum absolute atomic E-state index is 0.0395. The summed E-state index contributed by atoms with van der Waals surface area (Å²) in [6, 6.07) is 10.6. The van der Waals surface area contributed by atoms with Gasteiger partial charge in [-0.2, -0.15) is 0 Å². The van der Waals surface area contributed by atoms with Gasteiger partial charge in [0.2, 0.25) is 0 Å². The minimum Gasteiger partial charge on any atom is -0.457 e. The number of amides is 1. The molecule has 0 atom stereocenters. The zero-order valence-electron chi connectivity index (χ0n) is 12.0. The molecule has 1 fully saturated rings. The van der Waals surface area contributed by atoms with E-state index in [1.54, 1.807) is 12.3 Å². The van der Waals surface area contributed by atoms with Crippen LogP contribution in [0.3, 0.4) is 0 Å². The quantitative estimate of drug-likeness (QED) is 0.802. The fraction of sp³-hybridized carbons (Fsp3) is 0.353. The number of benzene rings is 1. The van der Waals surface area contributed by atoms with Crippen LogP contribution in [-0.2, 0) is 13.0 Å². The Morgan fingerprint density at radius 1 is 1.24 bits per heavy atom. The molecule has 1 aliphatic rings. The van der Waals surface area contributed by atoms with Crippen LogP contribution in [0.15, 0.2) is 45.7 Å². The fourth-order valence-corrected chi connectivity index (χ4v) is 2.84. The first-order valence-corrected chi connectivity index (χ1v) is 8.10. The van der Waals surface area contributed by atoms with Gasteiger partial charge in [0.25, 0.3) is 5.91 Å². The Kier molecular flexibility index (Phi) is 4.15. The summed E-state index contributed by atoms with van der Waals surface area (Å²) < 4.78 is 5.70. The molecule has 0 spiro atoms. The molecule has 0 radical (unpaired) electrons. The third-order valence-corrected chi connectivity index (χ3v) is 4.50. The maximum Gasteiger partial charge on any atom is 0.258 e. The summed E-state index contributed by atoms with van der Waals surface area (Å²) in [4.78, 5) is 14.6. The van der Waals surface area contributed by atoms with Gasteiger partial charge in [-0.1, -0.05) is 31.2 Å². The standard InChI is InChI=1S/C17H18BrNO2/c1-2-12-3-5-13(6-4-12)11-19(14-7-8-14)17(20)15-9-10-21-16(15)18/h3-6,9-10,14H,2,7-8,11H2,1H3. The van der Waals surface area contributed by atoms with Crippen molar-refractivity contribution in [2.75, 3.05) is 0 Å². The Labute approximate surface area is 133 Å². The Morgan fingerprint density at radius 2 is 1.90 bits per heavy atom. The number of carbonyl (C=O) groups excluding carboxylic acids is 1. The molecule has 0 saturated heterocycles. The van der Waals surface area contributed by atoms with Crippen LogP contribution in [0.1, 0.15) is 41.3 Å². The van der Waals surface area contributed by atoms with Gasteiger partial charge in [0, 0.05) is 12.6 Å². The predicted molar refractivity (Wildman–Crippen MR) is 85.1 cm³/mol. The number of hydrogen-bond acceptors (Lipinski definition) is 2. The van der Waals surface area contributed by atoms with Crippen LogP contribution in [-0.4, -0.2) is 16.8 Å². The molecule has 0 N–H and O–H groups in total. The zero-order chi connectivity index (χ0) is 14.8. The Balaban J connectivity index is 1.78. The SMILES string of the molecule is CCc1ccc(CN(C(=O)c2ccoc2Br)C2CC2)cc1. The van der Waals surface area contributed by atoms with Crippen LogP contribution < -0.4 is 0 Å². The van der Waals surface area contributed by atoms with E-state index in [1.807, 2.05) is 4.90 Å². The van der Waals surface area contributed by atoms with E-state index < -0.39 is 0 Å². The van der Waals surface area contributed by atoms with E-state index in [0.29, 0.717) is 22.8 Å². The van der Waals surface area contributed by atoms with E-state index in [9.17, 15) is 4.79 Å². The van der Waals surface area contributed by atoms with Gasteiger partial charge in [-0.25, -0.2) is 0 Å². The lowest BCUT2D eigenvalue weighted by molar-refractivity contribution is 0.0728. The summed E-state index contributed by atoms with van der Waals surface area (Å²) in [6.45, 7) is 2.80.